The molecule has 2 heterocycles. The number of aromatic nitrogens is 2. The van der Waals surface area contributed by atoms with Crippen LogP contribution in [-0.2, 0) is 25.6 Å². The monoisotopic (exact) mass is 761 g/mol. The topological polar surface area (TPSA) is 151 Å². The number of nitrogens with zero attached hydrogens (tertiary/aromatic N) is 2. The lowest BCUT2D eigenvalue weighted by atomic mass is 10.1. The summed E-state index contributed by atoms with van der Waals surface area (Å²) in [4.78, 5) is 0.155. The molecule has 250 valence electrons. The molecule has 0 saturated carbocycles. The Balaban J connectivity index is 0.000000174. The van der Waals surface area contributed by atoms with Crippen molar-refractivity contribution in [3.8, 4) is 22.6 Å². The minimum atomic E-state index is -3.91. The molecule has 0 radical (unpaired) electrons. The number of anilines is 1. The van der Waals surface area contributed by atoms with Gasteiger partial charge in [0.15, 0.2) is 26.8 Å². The summed E-state index contributed by atoms with van der Waals surface area (Å²) in [5.41, 5.74) is 3.28. The van der Waals surface area contributed by atoms with Gasteiger partial charge in [0.25, 0.3) is 10.0 Å². The standard InChI is InChI=1S/C20H16N2O4S.C15H12BrNO4S/c1-25-18-13-15(14-7-3-2-4-8-14)11-12-19(18)27(23,24)22-20-16-9-5-6-10-17(16)26-21-20;1-20-14-8-10(16)6-7-15(14)22(18,19)9-12-11-4-2-3-5-13(11)21-17-12/h2-13H,1H3,(H,21,22);2-8H,9H2,1H3. The first-order valence-corrected chi connectivity index (χ1v) is 18.5. The number of sulfone groups is 1. The zero-order valence-corrected chi connectivity index (χ0v) is 29.3. The maximum absolute atomic E-state index is 12.9. The van der Waals surface area contributed by atoms with Gasteiger partial charge in [0.05, 0.1) is 19.6 Å². The molecule has 7 rings (SSSR count). The van der Waals surface area contributed by atoms with Crippen molar-refractivity contribution in [3.05, 3.63) is 125 Å². The van der Waals surface area contributed by atoms with Crippen LogP contribution in [0.25, 0.3) is 33.1 Å². The van der Waals surface area contributed by atoms with Crippen molar-refractivity contribution in [1.29, 1.82) is 0 Å². The van der Waals surface area contributed by atoms with Crippen LogP contribution in [0.3, 0.4) is 0 Å². The zero-order valence-electron chi connectivity index (χ0n) is 26.0. The number of methoxy groups -OCH3 is 2. The van der Waals surface area contributed by atoms with Gasteiger partial charge in [0.2, 0.25) is 0 Å². The van der Waals surface area contributed by atoms with E-state index in [1.54, 1.807) is 60.7 Å². The molecule has 0 amide bonds. The van der Waals surface area contributed by atoms with Crippen LogP contribution in [0.2, 0.25) is 0 Å². The number of nitrogens with one attached hydrogen (secondary N) is 1. The highest BCUT2D eigenvalue weighted by Crippen LogP contribution is 2.33. The molecule has 49 heavy (non-hydrogen) atoms. The molecule has 0 aliphatic rings. The minimum absolute atomic E-state index is 0.0248. The predicted octanol–water partition coefficient (Wildman–Crippen LogP) is 7.88. The Hall–Kier alpha value is -5.18. The SMILES string of the molecule is COc1cc(-c2ccccc2)ccc1S(=O)(=O)Nc1noc2ccccc12.COc1cc(Br)ccc1S(=O)(=O)Cc1noc2ccccc12. The summed E-state index contributed by atoms with van der Waals surface area (Å²) >= 11 is 3.29. The molecule has 7 aromatic rings. The first kappa shape index (κ1) is 33.7. The number of sulfonamides is 1. The van der Waals surface area contributed by atoms with E-state index in [9.17, 15) is 16.8 Å². The number of halogens is 1. The average molecular weight is 763 g/mol. The number of rotatable bonds is 9. The molecule has 0 unspecified atom stereocenters. The van der Waals surface area contributed by atoms with Crippen LogP contribution in [0.4, 0.5) is 5.82 Å². The molecule has 14 heteroatoms. The highest BCUT2D eigenvalue weighted by Gasteiger charge is 2.24. The fourth-order valence-corrected chi connectivity index (χ4v) is 7.99. The summed E-state index contributed by atoms with van der Waals surface area (Å²) in [5.74, 6) is 0.431. The number of para-hydroxylation sites is 2. The van der Waals surface area contributed by atoms with E-state index in [4.69, 9.17) is 18.5 Å². The molecule has 2 aromatic heterocycles. The van der Waals surface area contributed by atoms with Crippen molar-refractivity contribution in [2.24, 2.45) is 0 Å². The molecule has 11 nitrogen and oxygen atoms in total. The van der Waals surface area contributed by atoms with E-state index in [0.717, 1.165) is 15.6 Å². The lowest BCUT2D eigenvalue weighted by molar-refractivity contribution is 0.402. The van der Waals surface area contributed by atoms with Crippen LogP contribution in [0.5, 0.6) is 11.5 Å². The Morgan fingerprint density at radius 2 is 1.24 bits per heavy atom. The van der Waals surface area contributed by atoms with E-state index in [0.29, 0.717) is 33.4 Å². The number of fused-ring (bicyclic) bond motifs is 2. The van der Waals surface area contributed by atoms with Crippen LogP contribution in [0.1, 0.15) is 5.69 Å². The normalized spacial score (nSPS) is 11.6. The largest absolute Gasteiger partial charge is 0.495 e. The van der Waals surface area contributed by atoms with Gasteiger partial charge in [0.1, 0.15) is 32.7 Å². The number of ether oxygens (including phenoxy) is 2. The van der Waals surface area contributed by atoms with Gasteiger partial charge < -0.3 is 18.5 Å². The molecular formula is C35H28BrN3O8S2. The Kier molecular flexibility index (Phi) is 9.72. The Labute approximate surface area is 290 Å². The van der Waals surface area contributed by atoms with E-state index in [1.165, 1.54) is 26.4 Å². The summed E-state index contributed by atoms with van der Waals surface area (Å²) in [6.07, 6.45) is 0. The summed E-state index contributed by atoms with van der Waals surface area (Å²) in [6, 6.07) is 33.6. The molecule has 0 fully saturated rings. The lowest BCUT2D eigenvalue weighted by Gasteiger charge is -2.12. The van der Waals surface area contributed by atoms with E-state index < -0.39 is 19.9 Å². The van der Waals surface area contributed by atoms with Gasteiger partial charge in [-0.25, -0.2) is 16.8 Å². The molecule has 0 bridgehead atoms. The van der Waals surface area contributed by atoms with Gasteiger partial charge in [0, 0.05) is 9.86 Å². The first-order chi connectivity index (χ1) is 23.6. The maximum atomic E-state index is 12.9. The molecule has 0 spiro atoms. The predicted molar refractivity (Wildman–Crippen MR) is 189 cm³/mol. The van der Waals surface area contributed by atoms with Crippen molar-refractivity contribution in [2.75, 3.05) is 18.9 Å². The Bertz CT molecular complexity index is 2480. The fourth-order valence-electron chi connectivity index (χ4n) is 5.04. The summed E-state index contributed by atoms with van der Waals surface area (Å²) < 4.78 is 75.1. The van der Waals surface area contributed by atoms with Gasteiger partial charge in [-0.2, -0.15) is 0 Å². The molecule has 5 aromatic carbocycles. The average Bonchev–Trinajstić information content (AvgIpc) is 3.71. The second-order valence-electron chi connectivity index (χ2n) is 10.5. The van der Waals surface area contributed by atoms with Crippen molar-refractivity contribution in [1.82, 2.24) is 10.3 Å². The van der Waals surface area contributed by atoms with Gasteiger partial charge in [-0.05, 0) is 65.7 Å². The fraction of sp³-hybridized carbons (Fsp3) is 0.0857. The second kappa shape index (κ2) is 14.1. The third-order valence-corrected chi connectivity index (χ3v) is 10.9. The van der Waals surface area contributed by atoms with Gasteiger partial charge in [-0.15, -0.1) is 0 Å². The smallest absolute Gasteiger partial charge is 0.266 e. The third kappa shape index (κ3) is 7.31. The minimum Gasteiger partial charge on any atom is -0.495 e. The summed E-state index contributed by atoms with van der Waals surface area (Å²) in [7, 11) is -4.64. The van der Waals surface area contributed by atoms with E-state index in [1.807, 2.05) is 42.5 Å². The molecule has 0 aliphatic heterocycles. The number of hydrogen-bond donors (Lipinski definition) is 1. The van der Waals surface area contributed by atoms with Crippen LogP contribution < -0.4 is 14.2 Å². The van der Waals surface area contributed by atoms with Crippen LogP contribution in [0.15, 0.2) is 139 Å². The van der Waals surface area contributed by atoms with Crippen LogP contribution >= 0.6 is 15.9 Å². The maximum Gasteiger partial charge on any atom is 0.266 e. The Morgan fingerprint density at radius 3 is 1.96 bits per heavy atom. The van der Waals surface area contributed by atoms with Gasteiger partial charge >= 0.3 is 0 Å². The highest BCUT2D eigenvalue weighted by molar-refractivity contribution is 9.10. The number of benzene rings is 5. The van der Waals surface area contributed by atoms with E-state index in [-0.39, 0.29) is 27.1 Å². The molecule has 0 aliphatic carbocycles. The van der Waals surface area contributed by atoms with E-state index in [2.05, 4.69) is 31.0 Å². The summed E-state index contributed by atoms with van der Waals surface area (Å²) in [6.45, 7) is 0. The molecule has 0 saturated heterocycles. The lowest BCUT2D eigenvalue weighted by Crippen LogP contribution is -2.14. The zero-order chi connectivity index (χ0) is 34.6. The highest BCUT2D eigenvalue weighted by atomic mass is 79.9. The van der Waals surface area contributed by atoms with Gasteiger partial charge in [-0.1, -0.05) is 86.9 Å². The molecule has 1 N–H and O–H groups in total. The van der Waals surface area contributed by atoms with Crippen molar-refractivity contribution >= 4 is 63.5 Å². The quantitative estimate of drug-likeness (QED) is 0.154. The summed E-state index contributed by atoms with van der Waals surface area (Å²) in [5, 5.41) is 8.98. The number of hydrogen-bond acceptors (Lipinski definition) is 10. The van der Waals surface area contributed by atoms with Gasteiger partial charge in [-0.3, -0.25) is 4.72 Å². The van der Waals surface area contributed by atoms with Crippen LogP contribution in [-0.4, -0.2) is 41.4 Å². The third-order valence-electron chi connectivity index (χ3n) is 7.41. The molecular weight excluding hydrogens is 734 g/mol. The molecule has 0 atom stereocenters. The van der Waals surface area contributed by atoms with Crippen molar-refractivity contribution < 1.29 is 35.4 Å². The van der Waals surface area contributed by atoms with Crippen molar-refractivity contribution in [2.45, 2.75) is 15.5 Å². The second-order valence-corrected chi connectivity index (χ2v) is 15.1. The van der Waals surface area contributed by atoms with Crippen molar-refractivity contribution in [3.63, 3.8) is 0 Å². The van der Waals surface area contributed by atoms with E-state index >= 15 is 0 Å². The first-order valence-electron chi connectivity index (χ1n) is 14.6. The Morgan fingerprint density at radius 1 is 0.653 bits per heavy atom. The van der Waals surface area contributed by atoms with Crippen LogP contribution in [0, 0.1) is 0 Å².